The highest BCUT2D eigenvalue weighted by Gasteiger charge is 2.26. The predicted octanol–water partition coefficient (Wildman–Crippen LogP) is 5.05. The molecule has 1 amide bonds. The van der Waals surface area contributed by atoms with Crippen molar-refractivity contribution in [3.63, 3.8) is 0 Å². The van der Waals surface area contributed by atoms with Crippen molar-refractivity contribution in [1.82, 2.24) is 5.32 Å². The molecule has 0 fully saturated rings. The molecule has 0 spiro atoms. The standard InChI is InChI=1S/C22H22O7.C14H17NO5/c1-12-9-20(27-14(3)24)17-6-8-18(29-21(17)10-12)16-5-7-19(26-13(2)23)22(11-16)28-15(4)25;1-9(16)15-7-6-12-4-5-13(19-10(2)17)14(8-12)20-11(3)18/h5,7,9-11,18H,6,8H2,1-4H3;4-5,8H,6-7H2,1-3H3,(H,15,16)/t18-;/m0./s1. The van der Waals surface area contributed by atoms with Crippen LogP contribution in [-0.2, 0) is 41.6 Å². The summed E-state index contributed by atoms with van der Waals surface area (Å²) in [6.07, 6.45) is 1.57. The Kier molecular flexibility index (Phi) is 13.4. The smallest absolute Gasteiger partial charge is 0.308 e. The fourth-order valence-corrected chi connectivity index (χ4v) is 4.83. The fourth-order valence-electron chi connectivity index (χ4n) is 4.83. The average molecular weight is 678 g/mol. The van der Waals surface area contributed by atoms with Gasteiger partial charge in [-0.2, -0.15) is 0 Å². The van der Waals surface area contributed by atoms with Gasteiger partial charge in [0.1, 0.15) is 17.6 Å². The van der Waals surface area contributed by atoms with E-state index in [1.54, 1.807) is 36.4 Å². The number of fused-ring (bicyclic) bond motifs is 1. The first-order valence-corrected chi connectivity index (χ1v) is 15.3. The number of carbonyl (C=O) groups is 6. The van der Waals surface area contributed by atoms with E-state index < -0.39 is 23.9 Å². The second kappa shape index (κ2) is 17.4. The first-order valence-electron chi connectivity index (χ1n) is 15.3. The summed E-state index contributed by atoms with van der Waals surface area (Å²) >= 11 is 0. The first-order chi connectivity index (χ1) is 23.1. The van der Waals surface area contributed by atoms with Crippen LogP contribution in [0.5, 0.6) is 34.5 Å². The molecular formula is C36H39NO12. The molecule has 0 aromatic heterocycles. The summed E-state index contributed by atoms with van der Waals surface area (Å²) < 4.78 is 31.8. The first kappa shape index (κ1) is 37.7. The van der Waals surface area contributed by atoms with E-state index in [4.69, 9.17) is 28.4 Å². The minimum Gasteiger partial charge on any atom is -0.485 e. The third-order valence-electron chi connectivity index (χ3n) is 6.64. The molecule has 13 nitrogen and oxygen atoms in total. The molecular weight excluding hydrogens is 638 g/mol. The molecule has 0 saturated heterocycles. The van der Waals surface area contributed by atoms with E-state index in [9.17, 15) is 28.8 Å². The molecule has 0 unspecified atom stereocenters. The number of ether oxygens (including phenoxy) is 6. The van der Waals surface area contributed by atoms with E-state index in [1.807, 2.05) is 19.1 Å². The molecule has 0 bridgehead atoms. The predicted molar refractivity (Wildman–Crippen MR) is 175 cm³/mol. The zero-order valence-electron chi connectivity index (χ0n) is 28.4. The van der Waals surface area contributed by atoms with Gasteiger partial charge >= 0.3 is 29.8 Å². The molecule has 13 heteroatoms. The number of benzene rings is 3. The molecule has 260 valence electrons. The van der Waals surface area contributed by atoms with Gasteiger partial charge in [0.05, 0.1) is 0 Å². The van der Waals surface area contributed by atoms with Crippen molar-refractivity contribution >= 4 is 35.8 Å². The van der Waals surface area contributed by atoms with Crippen LogP contribution >= 0.6 is 0 Å². The lowest BCUT2D eigenvalue weighted by atomic mass is 9.95. The second-order valence-corrected chi connectivity index (χ2v) is 11.1. The summed E-state index contributed by atoms with van der Waals surface area (Å²) in [7, 11) is 0. The van der Waals surface area contributed by atoms with Crippen LogP contribution in [0.4, 0.5) is 0 Å². The van der Waals surface area contributed by atoms with E-state index in [0.717, 1.165) is 22.3 Å². The highest BCUT2D eigenvalue weighted by molar-refractivity contribution is 5.75. The number of esters is 5. The normalized spacial score (nSPS) is 12.8. The number of hydrogen-bond donors (Lipinski definition) is 1. The summed E-state index contributed by atoms with van der Waals surface area (Å²) in [6, 6.07) is 13.6. The van der Waals surface area contributed by atoms with Gasteiger partial charge in [0.15, 0.2) is 23.0 Å². The number of rotatable bonds is 9. The Labute approximate surface area is 283 Å². The Bertz CT molecular complexity index is 1750. The van der Waals surface area contributed by atoms with Crippen LogP contribution in [0.15, 0.2) is 48.5 Å². The minimum absolute atomic E-state index is 0.109. The molecule has 1 aliphatic rings. The van der Waals surface area contributed by atoms with Gasteiger partial charge in [0.2, 0.25) is 5.91 Å². The van der Waals surface area contributed by atoms with Crippen molar-refractivity contribution in [2.75, 3.05) is 6.54 Å². The highest BCUT2D eigenvalue weighted by Crippen LogP contribution is 2.42. The van der Waals surface area contributed by atoms with Gasteiger partial charge in [-0.3, -0.25) is 28.8 Å². The van der Waals surface area contributed by atoms with Gasteiger partial charge in [0.25, 0.3) is 0 Å². The molecule has 49 heavy (non-hydrogen) atoms. The van der Waals surface area contributed by atoms with Gasteiger partial charge < -0.3 is 33.7 Å². The Morgan fingerprint density at radius 3 is 1.71 bits per heavy atom. The average Bonchev–Trinajstić information content (AvgIpc) is 2.98. The molecule has 0 radical (unpaired) electrons. The highest BCUT2D eigenvalue weighted by atomic mass is 16.6. The monoisotopic (exact) mass is 677 g/mol. The summed E-state index contributed by atoms with van der Waals surface area (Å²) in [6.45, 7) is 10.3. The molecule has 3 aromatic carbocycles. The summed E-state index contributed by atoms with van der Waals surface area (Å²) in [5.41, 5.74) is 3.38. The van der Waals surface area contributed by atoms with Crippen LogP contribution < -0.4 is 33.7 Å². The van der Waals surface area contributed by atoms with Crippen LogP contribution in [0, 0.1) is 6.92 Å². The van der Waals surface area contributed by atoms with Crippen LogP contribution in [0.1, 0.15) is 76.3 Å². The molecule has 0 saturated carbocycles. The summed E-state index contributed by atoms with van der Waals surface area (Å²) in [5.74, 6) is -0.661. The molecule has 1 aliphatic heterocycles. The molecule has 0 aliphatic carbocycles. The number of amides is 1. The maximum Gasteiger partial charge on any atom is 0.308 e. The van der Waals surface area contributed by atoms with E-state index in [2.05, 4.69) is 5.32 Å². The molecule has 1 N–H and O–H groups in total. The van der Waals surface area contributed by atoms with Crippen molar-refractivity contribution in [2.45, 2.75) is 73.8 Å². The maximum absolute atomic E-state index is 11.4. The third-order valence-corrected chi connectivity index (χ3v) is 6.64. The lowest BCUT2D eigenvalue weighted by Gasteiger charge is -2.28. The van der Waals surface area contributed by atoms with Crippen molar-refractivity contribution in [3.8, 4) is 34.5 Å². The summed E-state index contributed by atoms with van der Waals surface area (Å²) in [5, 5.41) is 2.67. The lowest BCUT2D eigenvalue weighted by molar-refractivity contribution is -0.134. The third kappa shape index (κ3) is 12.1. The number of aryl methyl sites for hydroxylation is 1. The Morgan fingerprint density at radius 2 is 1.16 bits per heavy atom. The minimum atomic E-state index is -0.521. The van der Waals surface area contributed by atoms with Gasteiger partial charge in [-0.25, -0.2) is 0 Å². The van der Waals surface area contributed by atoms with E-state index in [0.29, 0.717) is 37.3 Å². The lowest BCUT2D eigenvalue weighted by Crippen LogP contribution is -2.22. The fraction of sp³-hybridized carbons (Fsp3) is 0.333. The largest absolute Gasteiger partial charge is 0.485 e. The Balaban J connectivity index is 0.000000286. The van der Waals surface area contributed by atoms with Crippen molar-refractivity contribution in [1.29, 1.82) is 0 Å². The molecule has 1 atom stereocenters. The maximum atomic E-state index is 11.4. The quantitative estimate of drug-likeness (QED) is 0.237. The van der Waals surface area contributed by atoms with Gasteiger partial charge in [-0.05, 0) is 79.3 Å². The van der Waals surface area contributed by atoms with E-state index >= 15 is 0 Å². The number of nitrogens with one attached hydrogen (secondary N) is 1. The molecule has 3 aromatic rings. The Morgan fingerprint density at radius 1 is 0.653 bits per heavy atom. The zero-order valence-corrected chi connectivity index (χ0v) is 28.4. The molecule has 4 rings (SSSR count). The van der Waals surface area contributed by atoms with E-state index in [1.165, 1.54) is 41.5 Å². The summed E-state index contributed by atoms with van der Waals surface area (Å²) in [4.78, 5) is 66.9. The Hall–Kier alpha value is -5.72. The van der Waals surface area contributed by atoms with Gasteiger partial charge in [-0.15, -0.1) is 0 Å². The SMILES string of the molecule is CC(=O)NCCc1ccc(OC(C)=O)c(OC(C)=O)c1.CC(=O)Oc1ccc([C@@H]2CCc3c(OC(C)=O)cc(C)cc3O2)cc1OC(C)=O. The van der Waals surface area contributed by atoms with Crippen LogP contribution in [0.25, 0.3) is 0 Å². The van der Waals surface area contributed by atoms with Crippen LogP contribution in [0.2, 0.25) is 0 Å². The zero-order chi connectivity index (χ0) is 36.2. The number of carbonyl (C=O) groups excluding carboxylic acids is 6. The van der Waals surface area contributed by atoms with Gasteiger partial charge in [-0.1, -0.05) is 12.1 Å². The van der Waals surface area contributed by atoms with Crippen molar-refractivity contribution in [2.24, 2.45) is 0 Å². The topological polar surface area (TPSA) is 170 Å². The molecule has 1 heterocycles. The van der Waals surface area contributed by atoms with Gasteiger partial charge in [0, 0.05) is 53.7 Å². The van der Waals surface area contributed by atoms with Crippen LogP contribution in [0.3, 0.4) is 0 Å². The number of hydrogen-bond acceptors (Lipinski definition) is 12. The second-order valence-electron chi connectivity index (χ2n) is 11.1. The van der Waals surface area contributed by atoms with Crippen molar-refractivity contribution in [3.05, 3.63) is 70.8 Å². The van der Waals surface area contributed by atoms with Crippen molar-refractivity contribution < 1.29 is 57.2 Å². The van der Waals surface area contributed by atoms with Crippen LogP contribution in [-0.4, -0.2) is 42.3 Å². The van der Waals surface area contributed by atoms with E-state index in [-0.39, 0.29) is 41.0 Å².